The second-order valence-corrected chi connectivity index (χ2v) is 4.90. The van der Waals surface area contributed by atoms with Crippen LogP contribution < -0.4 is 11.1 Å². The van der Waals surface area contributed by atoms with Gasteiger partial charge in [0, 0.05) is 22.3 Å². The Hall–Kier alpha value is -1.88. The molecule has 0 atom stereocenters. The molecule has 0 unspecified atom stereocenters. The second kappa shape index (κ2) is 5.84. The van der Waals surface area contributed by atoms with Crippen molar-refractivity contribution in [1.82, 2.24) is 5.32 Å². The summed E-state index contributed by atoms with van der Waals surface area (Å²) in [5.74, 6) is -0.583. The van der Waals surface area contributed by atoms with E-state index in [9.17, 15) is 9.18 Å². The molecule has 0 radical (unpaired) electrons. The monoisotopic (exact) mass is 322 g/mol. The van der Waals surface area contributed by atoms with Crippen molar-refractivity contribution in [3.8, 4) is 0 Å². The Morgan fingerprint density at radius 2 is 2.05 bits per heavy atom. The lowest BCUT2D eigenvalue weighted by Gasteiger charge is -2.08. The summed E-state index contributed by atoms with van der Waals surface area (Å²) in [6.45, 7) is 0.242. The van der Waals surface area contributed by atoms with E-state index < -0.39 is 0 Å². The first kappa shape index (κ1) is 13.5. The average molecular weight is 323 g/mol. The number of hydrogen-bond donors (Lipinski definition) is 2. The molecule has 0 spiro atoms. The van der Waals surface area contributed by atoms with Crippen LogP contribution in [0, 0.1) is 5.82 Å². The van der Waals surface area contributed by atoms with E-state index in [1.54, 1.807) is 30.3 Å². The largest absolute Gasteiger partial charge is 0.399 e. The summed E-state index contributed by atoms with van der Waals surface area (Å²) in [6.07, 6.45) is 0. The van der Waals surface area contributed by atoms with Gasteiger partial charge in [-0.15, -0.1) is 0 Å². The number of anilines is 1. The molecule has 19 heavy (non-hydrogen) atoms. The predicted octanol–water partition coefficient (Wildman–Crippen LogP) is 3.10. The van der Waals surface area contributed by atoms with E-state index in [1.807, 2.05) is 0 Å². The number of carbonyl (C=O) groups excluding carboxylic acids is 1. The quantitative estimate of drug-likeness (QED) is 0.853. The number of rotatable bonds is 3. The lowest BCUT2D eigenvalue weighted by molar-refractivity contribution is 0.0951. The molecule has 2 aromatic rings. The molecule has 0 aliphatic heterocycles. The van der Waals surface area contributed by atoms with Crippen molar-refractivity contribution in [2.45, 2.75) is 6.54 Å². The van der Waals surface area contributed by atoms with Crippen molar-refractivity contribution in [2.24, 2.45) is 0 Å². The van der Waals surface area contributed by atoms with Crippen LogP contribution in [0.5, 0.6) is 0 Å². The number of carbonyl (C=O) groups is 1. The third-order valence-electron chi connectivity index (χ3n) is 2.60. The number of benzene rings is 2. The van der Waals surface area contributed by atoms with Crippen molar-refractivity contribution in [3.05, 3.63) is 63.9 Å². The maximum Gasteiger partial charge on any atom is 0.251 e. The van der Waals surface area contributed by atoms with Gasteiger partial charge in [-0.3, -0.25) is 4.79 Å². The number of nitrogen functional groups attached to an aromatic ring is 1. The van der Waals surface area contributed by atoms with Crippen LogP contribution in [-0.2, 0) is 6.54 Å². The smallest absolute Gasteiger partial charge is 0.251 e. The molecule has 5 heteroatoms. The van der Waals surface area contributed by atoms with Crippen molar-refractivity contribution in [3.63, 3.8) is 0 Å². The Kier molecular flexibility index (Phi) is 4.16. The van der Waals surface area contributed by atoms with Gasteiger partial charge in [0.2, 0.25) is 0 Å². The maximum absolute atomic E-state index is 13.1. The van der Waals surface area contributed by atoms with Gasteiger partial charge in [-0.1, -0.05) is 22.0 Å². The maximum atomic E-state index is 13.1. The Morgan fingerprint density at radius 1 is 1.26 bits per heavy atom. The normalized spacial score (nSPS) is 10.2. The molecular weight excluding hydrogens is 311 g/mol. The van der Waals surface area contributed by atoms with Gasteiger partial charge in [-0.2, -0.15) is 0 Å². The van der Waals surface area contributed by atoms with Crippen LogP contribution in [0.25, 0.3) is 0 Å². The molecule has 0 fully saturated rings. The molecule has 0 saturated heterocycles. The highest BCUT2D eigenvalue weighted by atomic mass is 79.9. The molecule has 2 rings (SSSR count). The predicted molar refractivity (Wildman–Crippen MR) is 76.1 cm³/mol. The van der Waals surface area contributed by atoms with Gasteiger partial charge < -0.3 is 11.1 Å². The number of halogens is 2. The number of hydrogen-bond acceptors (Lipinski definition) is 2. The van der Waals surface area contributed by atoms with E-state index in [4.69, 9.17) is 5.73 Å². The highest BCUT2D eigenvalue weighted by molar-refractivity contribution is 9.10. The van der Waals surface area contributed by atoms with E-state index in [1.165, 1.54) is 12.1 Å². The third-order valence-corrected chi connectivity index (χ3v) is 3.37. The molecule has 0 aromatic heterocycles. The van der Waals surface area contributed by atoms with E-state index in [0.29, 0.717) is 16.8 Å². The van der Waals surface area contributed by atoms with E-state index in [0.717, 1.165) is 4.47 Å². The third kappa shape index (κ3) is 3.54. The van der Waals surface area contributed by atoms with E-state index in [-0.39, 0.29) is 18.3 Å². The summed E-state index contributed by atoms with van der Waals surface area (Å²) in [4.78, 5) is 11.9. The lowest BCUT2D eigenvalue weighted by Crippen LogP contribution is -2.23. The molecule has 3 N–H and O–H groups in total. The van der Waals surface area contributed by atoms with Gasteiger partial charge in [-0.25, -0.2) is 4.39 Å². The SMILES string of the molecule is Nc1cccc(C(=O)NCc2cc(F)ccc2Br)c1. The molecule has 0 aliphatic rings. The topological polar surface area (TPSA) is 55.1 Å². The zero-order valence-corrected chi connectivity index (χ0v) is 11.6. The Balaban J connectivity index is 2.06. The van der Waals surface area contributed by atoms with Gasteiger partial charge in [0.05, 0.1) is 0 Å². The molecule has 1 amide bonds. The fourth-order valence-electron chi connectivity index (χ4n) is 1.64. The van der Waals surface area contributed by atoms with Crippen molar-refractivity contribution < 1.29 is 9.18 Å². The summed E-state index contributed by atoms with van der Waals surface area (Å²) in [5, 5.41) is 2.72. The van der Waals surface area contributed by atoms with E-state index >= 15 is 0 Å². The van der Waals surface area contributed by atoms with Crippen LogP contribution in [0.4, 0.5) is 10.1 Å². The van der Waals surface area contributed by atoms with Gasteiger partial charge in [-0.05, 0) is 42.0 Å². The van der Waals surface area contributed by atoms with Crippen LogP contribution >= 0.6 is 15.9 Å². The van der Waals surface area contributed by atoms with E-state index in [2.05, 4.69) is 21.2 Å². The number of amides is 1. The first-order chi connectivity index (χ1) is 9.06. The molecular formula is C14H12BrFN2O. The Bertz CT molecular complexity index is 616. The number of nitrogens with two attached hydrogens (primary N) is 1. The highest BCUT2D eigenvalue weighted by Gasteiger charge is 2.07. The van der Waals surface area contributed by atoms with Crippen LogP contribution in [0.15, 0.2) is 46.9 Å². The van der Waals surface area contributed by atoms with Gasteiger partial charge in [0.1, 0.15) is 5.82 Å². The Labute approximate surface area is 118 Å². The minimum absolute atomic E-state index is 0.242. The van der Waals surface area contributed by atoms with Crippen LogP contribution in [0.2, 0.25) is 0 Å². The number of nitrogens with one attached hydrogen (secondary N) is 1. The molecule has 98 valence electrons. The first-order valence-corrected chi connectivity index (χ1v) is 6.43. The van der Waals surface area contributed by atoms with Crippen molar-refractivity contribution in [2.75, 3.05) is 5.73 Å². The average Bonchev–Trinajstić information content (AvgIpc) is 2.39. The summed E-state index contributed by atoms with van der Waals surface area (Å²) in [7, 11) is 0. The zero-order chi connectivity index (χ0) is 13.8. The van der Waals surface area contributed by atoms with Crippen LogP contribution in [0.1, 0.15) is 15.9 Å². The first-order valence-electron chi connectivity index (χ1n) is 5.64. The molecule has 0 heterocycles. The van der Waals surface area contributed by atoms with Gasteiger partial charge in [0.15, 0.2) is 0 Å². The summed E-state index contributed by atoms with van der Waals surface area (Å²) >= 11 is 3.31. The highest BCUT2D eigenvalue weighted by Crippen LogP contribution is 2.17. The van der Waals surface area contributed by atoms with Crippen LogP contribution in [0.3, 0.4) is 0 Å². The molecule has 3 nitrogen and oxygen atoms in total. The Morgan fingerprint density at radius 3 is 2.79 bits per heavy atom. The van der Waals surface area contributed by atoms with Gasteiger partial charge >= 0.3 is 0 Å². The molecule has 0 aliphatic carbocycles. The molecule has 0 bridgehead atoms. The second-order valence-electron chi connectivity index (χ2n) is 4.04. The van der Waals surface area contributed by atoms with Crippen molar-refractivity contribution >= 4 is 27.5 Å². The fourth-order valence-corrected chi connectivity index (χ4v) is 2.02. The minimum atomic E-state index is -0.337. The standard InChI is InChI=1S/C14H12BrFN2O/c15-13-5-4-11(16)6-10(13)8-18-14(19)9-2-1-3-12(17)7-9/h1-7H,8,17H2,(H,18,19). The lowest BCUT2D eigenvalue weighted by atomic mass is 10.1. The summed E-state index contributed by atoms with van der Waals surface area (Å²) in [5.41, 5.74) is 7.30. The van der Waals surface area contributed by atoms with Crippen molar-refractivity contribution in [1.29, 1.82) is 0 Å². The van der Waals surface area contributed by atoms with Gasteiger partial charge in [0.25, 0.3) is 5.91 Å². The molecule has 0 saturated carbocycles. The summed E-state index contributed by atoms with van der Waals surface area (Å²) < 4.78 is 13.8. The van der Waals surface area contributed by atoms with Crippen LogP contribution in [-0.4, -0.2) is 5.91 Å². The fraction of sp³-hybridized carbons (Fsp3) is 0.0714. The zero-order valence-electron chi connectivity index (χ0n) is 9.99. The minimum Gasteiger partial charge on any atom is -0.399 e. The summed E-state index contributed by atoms with van der Waals surface area (Å²) in [6, 6.07) is 11.0. The molecule has 2 aromatic carbocycles.